The molecule has 3 aromatic rings. The number of cyclic esters (lactones) is 1. The van der Waals surface area contributed by atoms with E-state index in [0.717, 1.165) is 16.9 Å². The number of anilines is 2. The van der Waals surface area contributed by atoms with E-state index in [0.29, 0.717) is 32.4 Å². The van der Waals surface area contributed by atoms with Crippen LogP contribution in [0.3, 0.4) is 0 Å². The molecule has 0 saturated heterocycles. The molecule has 1 atom stereocenters. The van der Waals surface area contributed by atoms with Crippen LogP contribution in [0, 0.1) is 13.8 Å². The Morgan fingerprint density at radius 3 is 2.50 bits per heavy atom. The van der Waals surface area contributed by atoms with Gasteiger partial charge >= 0.3 is 11.9 Å². The Kier molecular flexibility index (Phi) is 7.16. The van der Waals surface area contributed by atoms with Gasteiger partial charge in [-0.05, 0) is 50.1 Å². The second-order valence-electron chi connectivity index (χ2n) is 7.94. The largest absolute Gasteiger partial charge is 0.493 e. The molecule has 0 fully saturated rings. The topological polar surface area (TPSA) is 112 Å². The van der Waals surface area contributed by atoms with Gasteiger partial charge in [-0.2, -0.15) is 0 Å². The number of hydrogen-bond donors (Lipinski definition) is 2. The third kappa shape index (κ3) is 4.47. The lowest BCUT2D eigenvalue weighted by Gasteiger charge is -2.15. The highest BCUT2D eigenvalue weighted by Gasteiger charge is 2.37. The van der Waals surface area contributed by atoms with E-state index in [1.807, 2.05) is 25.1 Å². The van der Waals surface area contributed by atoms with Crippen molar-refractivity contribution in [2.75, 3.05) is 31.5 Å². The Morgan fingerprint density at radius 2 is 1.83 bits per heavy atom. The quantitative estimate of drug-likeness (QED) is 0.403. The minimum Gasteiger partial charge on any atom is -0.493 e. The van der Waals surface area contributed by atoms with Crippen LogP contribution in [0.1, 0.15) is 60.2 Å². The van der Waals surface area contributed by atoms with Gasteiger partial charge in [0.25, 0.3) is 5.91 Å². The molecule has 0 radical (unpaired) electrons. The van der Waals surface area contributed by atoms with Crippen LogP contribution >= 0.6 is 11.3 Å². The van der Waals surface area contributed by atoms with Crippen LogP contribution in [0.2, 0.25) is 0 Å². The first-order valence-corrected chi connectivity index (χ1v) is 12.0. The van der Waals surface area contributed by atoms with Crippen LogP contribution in [0.25, 0.3) is 0 Å². The second-order valence-corrected chi connectivity index (χ2v) is 8.97. The van der Waals surface area contributed by atoms with Crippen LogP contribution in [-0.4, -0.2) is 38.7 Å². The zero-order chi connectivity index (χ0) is 26.0. The van der Waals surface area contributed by atoms with Gasteiger partial charge in [0.1, 0.15) is 10.6 Å². The molecule has 0 saturated carbocycles. The van der Waals surface area contributed by atoms with Crippen LogP contribution in [0.5, 0.6) is 11.5 Å². The van der Waals surface area contributed by atoms with Crippen LogP contribution in [-0.2, 0) is 9.47 Å². The Bertz CT molecular complexity index is 1350. The van der Waals surface area contributed by atoms with Gasteiger partial charge in [-0.3, -0.25) is 4.79 Å². The summed E-state index contributed by atoms with van der Waals surface area (Å²) in [5, 5.41) is 6.36. The van der Waals surface area contributed by atoms with Crippen molar-refractivity contribution in [2.24, 2.45) is 0 Å². The Balaban J connectivity index is 1.72. The molecule has 2 heterocycles. The SMILES string of the molecule is CCOC(=O)c1c(N[C@@H]2OC(=O)c3c2ccc(OC)c3OC)sc(C(=O)Nc2ccccc2C)c1C. The molecule has 0 aliphatic carbocycles. The summed E-state index contributed by atoms with van der Waals surface area (Å²) in [7, 11) is 2.91. The number of benzene rings is 2. The van der Waals surface area contributed by atoms with Gasteiger partial charge in [-0.1, -0.05) is 18.2 Å². The molecule has 2 N–H and O–H groups in total. The van der Waals surface area contributed by atoms with Crippen LogP contribution in [0.4, 0.5) is 10.7 Å². The Hall–Kier alpha value is -4.05. The molecule has 9 nitrogen and oxygen atoms in total. The standard InChI is InChI=1S/C26H26N2O7S/c1-6-34-25(30)18-14(3)21(22(29)27-16-10-8-7-9-13(16)2)36-24(18)28-23-15-11-12-17(32-4)20(33-5)19(15)26(31)35-23/h7-12,23,28H,6H2,1-5H3,(H,27,29)/t23-/m1/s1. The molecule has 188 valence electrons. The van der Waals surface area contributed by atoms with Crippen LogP contribution < -0.4 is 20.1 Å². The molecule has 1 aliphatic heterocycles. The van der Waals surface area contributed by atoms with E-state index >= 15 is 0 Å². The molecule has 1 aliphatic rings. The number of carbonyl (C=O) groups is 3. The Labute approximate surface area is 212 Å². The average Bonchev–Trinajstić information content (AvgIpc) is 3.36. The number of methoxy groups -OCH3 is 2. The van der Waals surface area contributed by atoms with E-state index in [4.69, 9.17) is 18.9 Å². The number of para-hydroxylation sites is 1. The number of fused-ring (bicyclic) bond motifs is 1. The first-order valence-electron chi connectivity index (χ1n) is 11.2. The monoisotopic (exact) mass is 510 g/mol. The summed E-state index contributed by atoms with van der Waals surface area (Å²) in [4.78, 5) is 39.1. The summed E-state index contributed by atoms with van der Waals surface area (Å²) in [6, 6.07) is 10.8. The van der Waals surface area contributed by atoms with Gasteiger partial charge in [0.05, 0.1) is 31.3 Å². The number of ether oxygens (including phenoxy) is 4. The van der Waals surface area contributed by atoms with E-state index in [1.54, 1.807) is 32.0 Å². The van der Waals surface area contributed by atoms with Gasteiger partial charge in [0, 0.05) is 11.3 Å². The number of rotatable bonds is 8. The van der Waals surface area contributed by atoms with Crippen molar-refractivity contribution >= 4 is 39.9 Å². The van der Waals surface area contributed by atoms with Gasteiger partial charge in [-0.25, -0.2) is 9.59 Å². The first-order chi connectivity index (χ1) is 17.3. The number of nitrogens with one attached hydrogen (secondary N) is 2. The zero-order valence-electron chi connectivity index (χ0n) is 20.5. The summed E-state index contributed by atoms with van der Waals surface area (Å²) in [5.41, 5.74) is 3.00. The molecule has 1 aromatic heterocycles. The summed E-state index contributed by atoms with van der Waals surface area (Å²) in [6.45, 7) is 5.44. The van der Waals surface area contributed by atoms with E-state index < -0.39 is 18.2 Å². The van der Waals surface area contributed by atoms with Crippen LogP contribution in [0.15, 0.2) is 36.4 Å². The van der Waals surface area contributed by atoms with Crippen molar-refractivity contribution < 1.29 is 33.3 Å². The second kappa shape index (κ2) is 10.3. The van der Waals surface area contributed by atoms with Gasteiger partial charge < -0.3 is 29.6 Å². The van der Waals surface area contributed by atoms with Crippen molar-refractivity contribution in [1.29, 1.82) is 0 Å². The minimum absolute atomic E-state index is 0.163. The van der Waals surface area contributed by atoms with Crippen molar-refractivity contribution in [3.8, 4) is 11.5 Å². The average molecular weight is 511 g/mol. The van der Waals surface area contributed by atoms with E-state index in [1.165, 1.54) is 14.2 Å². The predicted molar refractivity (Wildman–Crippen MR) is 135 cm³/mol. The smallest absolute Gasteiger partial charge is 0.344 e. The van der Waals surface area contributed by atoms with Crippen molar-refractivity contribution in [2.45, 2.75) is 27.0 Å². The van der Waals surface area contributed by atoms with Gasteiger partial charge in [-0.15, -0.1) is 11.3 Å². The molecule has 4 rings (SSSR count). The van der Waals surface area contributed by atoms with Crippen molar-refractivity contribution in [3.63, 3.8) is 0 Å². The number of aryl methyl sites for hydroxylation is 1. The summed E-state index contributed by atoms with van der Waals surface area (Å²) in [5.74, 6) is -0.887. The third-order valence-corrected chi connectivity index (χ3v) is 7.00. The molecule has 0 unspecified atom stereocenters. The maximum atomic E-state index is 13.2. The lowest BCUT2D eigenvalue weighted by molar-refractivity contribution is 0.0435. The summed E-state index contributed by atoms with van der Waals surface area (Å²) in [6.07, 6.45) is -0.911. The maximum Gasteiger partial charge on any atom is 0.344 e. The predicted octanol–water partition coefficient (Wildman–Crippen LogP) is 5.09. The molecule has 2 aromatic carbocycles. The van der Waals surface area contributed by atoms with E-state index in [2.05, 4.69) is 10.6 Å². The maximum absolute atomic E-state index is 13.2. The fourth-order valence-corrected chi connectivity index (χ4v) is 5.11. The summed E-state index contributed by atoms with van der Waals surface area (Å²) < 4.78 is 21.5. The van der Waals surface area contributed by atoms with Crippen molar-refractivity contribution in [3.05, 3.63) is 69.1 Å². The highest BCUT2D eigenvalue weighted by Crippen LogP contribution is 2.44. The van der Waals surface area contributed by atoms with Crippen molar-refractivity contribution in [1.82, 2.24) is 0 Å². The molecule has 1 amide bonds. The molecule has 0 bridgehead atoms. The molecule has 36 heavy (non-hydrogen) atoms. The minimum atomic E-state index is -0.911. The normalized spacial score (nSPS) is 14.0. The van der Waals surface area contributed by atoms with Gasteiger partial charge in [0.15, 0.2) is 11.5 Å². The van der Waals surface area contributed by atoms with Gasteiger partial charge in [0.2, 0.25) is 6.23 Å². The number of esters is 2. The Morgan fingerprint density at radius 1 is 1.08 bits per heavy atom. The molecular formula is C26H26N2O7S. The zero-order valence-corrected chi connectivity index (χ0v) is 21.3. The number of amides is 1. The third-order valence-electron chi connectivity index (χ3n) is 5.78. The molecular weight excluding hydrogens is 484 g/mol. The van der Waals surface area contributed by atoms with E-state index in [-0.39, 0.29) is 29.4 Å². The fourth-order valence-electron chi connectivity index (χ4n) is 4.00. The highest BCUT2D eigenvalue weighted by atomic mass is 32.1. The van der Waals surface area contributed by atoms with E-state index in [9.17, 15) is 14.4 Å². The highest BCUT2D eigenvalue weighted by molar-refractivity contribution is 7.18. The number of carbonyl (C=O) groups excluding carboxylic acids is 3. The molecule has 0 spiro atoms. The molecule has 10 heteroatoms. The lowest BCUT2D eigenvalue weighted by Crippen LogP contribution is -2.14. The number of thiophene rings is 1. The summed E-state index contributed by atoms with van der Waals surface area (Å²) >= 11 is 1.08. The number of hydrogen-bond acceptors (Lipinski definition) is 9. The first kappa shape index (κ1) is 25.1. The lowest BCUT2D eigenvalue weighted by atomic mass is 10.1. The fraction of sp³-hybridized carbons (Fsp3) is 0.269.